The van der Waals surface area contributed by atoms with Crippen LogP contribution in [0.1, 0.15) is 34.7 Å². The van der Waals surface area contributed by atoms with Crippen LogP contribution in [-0.2, 0) is 19.2 Å². The zero-order valence-electron chi connectivity index (χ0n) is 22.2. The van der Waals surface area contributed by atoms with E-state index in [0.717, 1.165) is 21.9 Å². The first-order valence-electron chi connectivity index (χ1n) is 13.0. The van der Waals surface area contributed by atoms with E-state index in [4.69, 9.17) is 27.9 Å². The number of allylic oxidation sites excluding steroid dienone is 2. The Balaban J connectivity index is 1.52. The van der Waals surface area contributed by atoms with Crippen molar-refractivity contribution in [3.8, 4) is 17.2 Å². The van der Waals surface area contributed by atoms with Crippen LogP contribution in [0.2, 0.25) is 0 Å². The van der Waals surface area contributed by atoms with E-state index in [-0.39, 0.29) is 35.6 Å². The van der Waals surface area contributed by atoms with E-state index in [0.29, 0.717) is 5.57 Å². The molecule has 2 saturated heterocycles. The second-order valence-corrected chi connectivity index (χ2v) is 12.2. The number of anilines is 1. The lowest BCUT2D eigenvalue weighted by atomic mass is 9.56. The van der Waals surface area contributed by atoms with Crippen molar-refractivity contribution >= 4 is 58.5 Å². The van der Waals surface area contributed by atoms with Gasteiger partial charge < -0.3 is 20.1 Å². The summed E-state index contributed by atoms with van der Waals surface area (Å²) >= 11 is 14.2. The maximum absolute atomic E-state index is 14.0. The van der Waals surface area contributed by atoms with Gasteiger partial charge in [0.05, 0.1) is 24.6 Å². The molecule has 6 atom stereocenters. The van der Waals surface area contributed by atoms with E-state index in [1.54, 1.807) is 12.1 Å². The van der Waals surface area contributed by atoms with Crippen molar-refractivity contribution in [2.45, 2.75) is 28.5 Å². The van der Waals surface area contributed by atoms with Gasteiger partial charge in [0.2, 0.25) is 11.8 Å². The number of carbonyl (C=O) groups excluding carboxylic acids is 4. The minimum Gasteiger partial charge on any atom is -0.508 e. The number of carbonyl (C=O) groups is 5. The first kappa shape index (κ1) is 28.0. The van der Waals surface area contributed by atoms with Crippen molar-refractivity contribution in [3.05, 3.63) is 59.2 Å². The number of phenolic OH excluding ortho intramolecular Hbond substituents is 1. The molecule has 4 amide bonds. The Labute approximate surface area is 248 Å². The summed E-state index contributed by atoms with van der Waals surface area (Å²) in [4.78, 5) is 63.9. The highest BCUT2D eigenvalue weighted by Crippen LogP contribution is 2.66. The van der Waals surface area contributed by atoms with Crippen LogP contribution in [0.5, 0.6) is 17.2 Å². The Morgan fingerprint density at radius 3 is 2.36 bits per heavy atom. The number of benzene rings is 2. The van der Waals surface area contributed by atoms with Crippen molar-refractivity contribution in [2.75, 3.05) is 19.1 Å². The Bertz CT molecular complexity index is 1660. The van der Waals surface area contributed by atoms with Crippen molar-refractivity contribution in [1.82, 2.24) is 4.90 Å². The van der Waals surface area contributed by atoms with Gasteiger partial charge >= 0.3 is 5.97 Å². The zero-order valence-corrected chi connectivity index (χ0v) is 23.7. The number of likely N-dealkylation sites (tertiary alicyclic amines) is 1. The molecule has 11 nitrogen and oxygen atoms in total. The Morgan fingerprint density at radius 1 is 1.00 bits per heavy atom. The molecular formula is C29H24Cl2N2O9. The average molecular weight is 615 g/mol. The summed E-state index contributed by atoms with van der Waals surface area (Å²) < 4.78 is 5.52. The van der Waals surface area contributed by atoms with Crippen LogP contribution in [-0.4, -0.2) is 73.7 Å². The molecule has 218 valence electrons. The molecule has 0 aromatic heterocycles. The summed E-state index contributed by atoms with van der Waals surface area (Å²) in [6, 6.07) is 7.85. The number of halogens is 2. The van der Waals surface area contributed by atoms with Crippen LogP contribution in [0.4, 0.5) is 5.69 Å². The van der Waals surface area contributed by atoms with Gasteiger partial charge in [0, 0.05) is 24.6 Å². The van der Waals surface area contributed by atoms with Gasteiger partial charge in [0.15, 0.2) is 9.75 Å². The number of ether oxygens (including phenoxy) is 1. The summed E-state index contributed by atoms with van der Waals surface area (Å²) in [5, 5.41) is 30.5. The number of fused-ring (bicyclic) bond motifs is 4. The molecule has 2 heterocycles. The van der Waals surface area contributed by atoms with Crippen LogP contribution in [0.25, 0.3) is 0 Å². The molecule has 0 radical (unpaired) electrons. The van der Waals surface area contributed by atoms with Crippen LogP contribution in [0.3, 0.4) is 0 Å². The highest BCUT2D eigenvalue weighted by atomic mass is 35.5. The summed E-state index contributed by atoms with van der Waals surface area (Å²) in [5.74, 6) is -8.79. The van der Waals surface area contributed by atoms with Crippen molar-refractivity contribution in [2.24, 2.45) is 17.8 Å². The SMILES string of the molecule is COc1cccc(O)c1[C@H]1C2=CC[C@@H]3C(=O)N(c4ccc(C(=O)O)c(O)c4)C(=O)[C@@H]3[C@@H]2C[C@@]2(Cl)C(=O)N(C)C(=O)[C@@]12Cl. The minimum atomic E-state index is -2.09. The summed E-state index contributed by atoms with van der Waals surface area (Å²) in [6.45, 7) is 0. The third-order valence-electron chi connectivity index (χ3n) is 9.04. The number of methoxy groups -OCH3 is 1. The van der Waals surface area contributed by atoms with E-state index < -0.39 is 74.3 Å². The molecule has 0 unspecified atom stereocenters. The highest BCUT2D eigenvalue weighted by Gasteiger charge is 2.76. The van der Waals surface area contributed by atoms with Crippen molar-refractivity contribution < 1.29 is 44.0 Å². The maximum atomic E-state index is 14.0. The zero-order chi connectivity index (χ0) is 30.5. The molecule has 2 aliphatic carbocycles. The van der Waals surface area contributed by atoms with Gasteiger partial charge in [0.25, 0.3) is 11.8 Å². The normalized spacial score (nSPS) is 32.0. The van der Waals surface area contributed by atoms with Gasteiger partial charge in [-0.2, -0.15) is 0 Å². The second kappa shape index (κ2) is 9.20. The van der Waals surface area contributed by atoms with Crippen molar-refractivity contribution in [3.63, 3.8) is 0 Å². The highest BCUT2D eigenvalue weighted by molar-refractivity contribution is 6.53. The van der Waals surface area contributed by atoms with Gasteiger partial charge in [-0.05, 0) is 43.0 Å². The second-order valence-electron chi connectivity index (χ2n) is 10.9. The van der Waals surface area contributed by atoms with Crippen molar-refractivity contribution in [1.29, 1.82) is 0 Å². The number of amides is 4. The van der Waals surface area contributed by atoms with Gasteiger partial charge in [-0.15, -0.1) is 23.2 Å². The topological polar surface area (TPSA) is 162 Å². The molecule has 1 saturated carbocycles. The molecule has 2 aromatic rings. The fourth-order valence-electron chi connectivity index (χ4n) is 7.16. The van der Waals surface area contributed by atoms with Gasteiger partial charge in [0.1, 0.15) is 22.8 Å². The van der Waals surface area contributed by atoms with E-state index >= 15 is 0 Å². The number of phenols is 2. The fourth-order valence-corrected chi connectivity index (χ4v) is 8.16. The van der Waals surface area contributed by atoms with Crippen LogP contribution >= 0.6 is 23.2 Å². The fraction of sp³-hybridized carbons (Fsp3) is 0.345. The maximum Gasteiger partial charge on any atom is 0.339 e. The monoisotopic (exact) mass is 614 g/mol. The number of alkyl halides is 2. The number of carboxylic acid groups (broad SMARTS) is 1. The van der Waals surface area contributed by atoms with E-state index in [2.05, 4.69) is 0 Å². The van der Waals surface area contributed by atoms with E-state index in [1.165, 1.54) is 32.4 Å². The van der Waals surface area contributed by atoms with Crippen LogP contribution < -0.4 is 9.64 Å². The molecule has 3 fully saturated rings. The third kappa shape index (κ3) is 3.37. The number of hydrogen-bond donors (Lipinski definition) is 3. The molecule has 3 N–H and O–H groups in total. The van der Waals surface area contributed by atoms with E-state index in [1.807, 2.05) is 0 Å². The Hall–Kier alpha value is -4.09. The predicted octanol–water partition coefficient (Wildman–Crippen LogP) is 3.00. The van der Waals surface area contributed by atoms with Crippen LogP contribution in [0, 0.1) is 17.8 Å². The number of imide groups is 2. The molecule has 2 aromatic carbocycles. The van der Waals surface area contributed by atoms with Crippen LogP contribution in [0.15, 0.2) is 48.0 Å². The first-order valence-corrected chi connectivity index (χ1v) is 13.8. The number of hydrogen-bond acceptors (Lipinski definition) is 8. The lowest BCUT2D eigenvalue weighted by Gasteiger charge is -2.50. The van der Waals surface area contributed by atoms with Gasteiger partial charge in [-0.3, -0.25) is 24.1 Å². The molecule has 2 aliphatic heterocycles. The average Bonchev–Trinajstić information content (AvgIpc) is 3.28. The molecule has 13 heteroatoms. The van der Waals surface area contributed by atoms with Gasteiger partial charge in [-0.1, -0.05) is 17.7 Å². The largest absolute Gasteiger partial charge is 0.508 e. The number of nitrogens with zero attached hydrogens (tertiary/aromatic N) is 2. The number of aromatic carboxylic acids is 1. The predicted molar refractivity (Wildman–Crippen MR) is 148 cm³/mol. The summed E-state index contributed by atoms with van der Waals surface area (Å²) in [5.41, 5.74) is 0.166. The molecule has 4 aliphatic rings. The summed E-state index contributed by atoms with van der Waals surface area (Å²) in [7, 11) is 2.63. The molecule has 0 spiro atoms. The summed E-state index contributed by atoms with van der Waals surface area (Å²) in [6.07, 6.45) is 1.53. The standard InChI is InChI=1S/C29H24Cl2N2O9/c1-32-26(40)28(30)11-16-13(22(29(28,31)27(32)41)21-17(34)4-3-5-19(21)42-2)8-9-15-20(16)24(37)33(23(15)36)12-6-7-14(25(38)39)18(35)10-12/h3-8,10,15-16,20,22,34-35H,9,11H2,1-2H3,(H,38,39)/t15-,16+,20-,22+,28+,29-/m0/s1. The Kier molecular flexibility index (Phi) is 6.15. The molecule has 42 heavy (non-hydrogen) atoms. The lowest BCUT2D eigenvalue weighted by molar-refractivity contribution is -0.138. The number of aromatic hydroxyl groups is 2. The molecule has 6 rings (SSSR count). The lowest BCUT2D eigenvalue weighted by Crippen LogP contribution is -2.60. The Morgan fingerprint density at radius 2 is 1.71 bits per heavy atom. The van der Waals surface area contributed by atoms with Gasteiger partial charge in [-0.25, -0.2) is 9.69 Å². The molecule has 0 bridgehead atoms. The minimum absolute atomic E-state index is 0.0164. The quantitative estimate of drug-likeness (QED) is 0.267. The number of rotatable bonds is 4. The third-order valence-corrected chi connectivity index (χ3v) is 10.4. The molecular weight excluding hydrogens is 591 g/mol. The van der Waals surface area contributed by atoms with E-state index in [9.17, 15) is 39.3 Å². The number of carboxylic acids is 1. The smallest absolute Gasteiger partial charge is 0.339 e. The first-order chi connectivity index (χ1) is 19.8.